The highest BCUT2D eigenvalue weighted by atomic mass is 19.1. The molecule has 2 aromatic heterocycles. The Hall–Kier alpha value is -5.06. The maximum Gasteiger partial charge on any atom is 0.320 e. The van der Waals surface area contributed by atoms with Crippen LogP contribution in [0.25, 0.3) is 32.9 Å². The standard InChI is InChI=1S/C42H39F3N4O3/c43-32(26-50-24-28-10-3-1-4-11-28)20-31-16-7-14-30-15-8-17-34(36(30)31)38-37(45)39-35(22-46-38)40(51-25-29-12-5-2-6-13-29)48-41(47-39)52-27-42-18-9-19-49(42)23-33(44)21-42/h1-8,10-17,22,32-33H,9,18-21,23-27H2/t32?,33-,42+/m1/s1. The van der Waals surface area contributed by atoms with E-state index < -0.39 is 23.7 Å². The van der Waals surface area contributed by atoms with Crippen molar-refractivity contribution in [2.75, 3.05) is 26.3 Å². The fourth-order valence-electron chi connectivity index (χ4n) is 7.71. The van der Waals surface area contributed by atoms with Gasteiger partial charge < -0.3 is 14.2 Å². The summed E-state index contributed by atoms with van der Waals surface area (Å²) in [6.45, 7) is 1.80. The molecule has 1 unspecified atom stereocenters. The van der Waals surface area contributed by atoms with Crippen molar-refractivity contribution in [2.24, 2.45) is 0 Å². The van der Waals surface area contributed by atoms with Crippen LogP contribution in [0.4, 0.5) is 13.2 Å². The summed E-state index contributed by atoms with van der Waals surface area (Å²) in [6, 6.07) is 30.4. The number of rotatable bonds is 13. The molecule has 0 aliphatic carbocycles. The summed E-state index contributed by atoms with van der Waals surface area (Å²) in [5, 5.41) is 1.82. The summed E-state index contributed by atoms with van der Waals surface area (Å²) in [5.74, 6) is -0.545. The summed E-state index contributed by atoms with van der Waals surface area (Å²) in [6.07, 6.45) is 1.53. The minimum atomic E-state index is -1.28. The molecule has 0 amide bonds. The van der Waals surface area contributed by atoms with Crippen LogP contribution in [0.2, 0.25) is 0 Å². The van der Waals surface area contributed by atoms with E-state index in [0.717, 1.165) is 35.9 Å². The molecule has 0 spiro atoms. The van der Waals surface area contributed by atoms with Gasteiger partial charge in [-0.1, -0.05) is 97.1 Å². The Morgan fingerprint density at radius 1 is 0.865 bits per heavy atom. The zero-order valence-corrected chi connectivity index (χ0v) is 28.7. The van der Waals surface area contributed by atoms with Gasteiger partial charge in [0.1, 0.15) is 36.8 Å². The molecule has 2 aliphatic heterocycles. The normalized spacial score (nSPS) is 19.2. The van der Waals surface area contributed by atoms with Crippen LogP contribution in [0.15, 0.2) is 103 Å². The van der Waals surface area contributed by atoms with Gasteiger partial charge in [-0.3, -0.25) is 9.88 Å². The first kappa shape index (κ1) is 34.0. The van der Waals surface area contributed by atoms with Crippen molar-refractivity contribution in [3.05, 3.63) is 126 Å². The van der Waals surface area contributed by atoms with Gasteiger partial charge in [-0.15, -0.1) is 0 Å². The predicted octanol–water partition coefficient (Wildman–Crippen LogP) is 8.62. The highest BCUT2D eigenvalue weighted by Crippen LogP contribution is 2.41. The van der Waals surface area contributed by atoms with Gasteiger partial charge in [0.05, 0.1) is 24.1 Å². The second-order valence-corrected chi connectivity index (χ2v) is 13.8. The molecular formula is C42H39F3N4O3. The lowest BCUT2D eigenvalue weighted by atomic mass is 9.94. The zero-order valence-electron chi connectivity index (χ0n) is 28.7. The van der Waals surface area contributed by atoms with Crippen LogP contribution in [-0.2, 0) is 24.4 Å². The Kier molecular flexibility index (Phi) is 9.75. The minimum absolute atomic E-state index is 0.0132. The van der Waals surface area contributed by atoms with E-state index in [9.17, 15) is 4.39 Å². The molecule has 7 nitrogen and oxygen atoms in total. The van der Waals surface area contributed by atoms with Crippen molar-refractivity contribution in [1.29, 1.82) is 0 Å². The van der Waals surface area contributed by atoms with E-state index in [1.807, 2.05) is 91.0 Å². The average Bonchev–Trinajstić information content (AvgIpc) is 3.70. The lowest BCUT2D eigenvalue weighted by Gasteiger charge is -2.30. The number of hydrogen-bond acceptors (Lipinski definition) is 7. The van der Waals surface area contributed by atoms with Gasteiger partial charge in [0.15, 0.2) is 5.82 Å². The summed E-state index contributed by atoms with van der Waals surface area (Å²) < 4.78 is 64.9. The van der Waals surface area contributed by atoms with Gasteiger partial charge >= 0.3 is 6.01 Å². The summed E-state index contributed by atoms with van der Waals surface area (Å²) >= 11 is 0. The Bertz CT molecular complexity index is 2170. The molecular weight excluding hydrogens is 665 g/mol. The average molecular weight is 705 g/mol. The van der Waals surface area contributed by atoms with E-state index in [1.165, 1.54) is 6.20 Å². The zero-order chi connectivity index (χ0) is 35.5. The number of hydrogen-bond donors (Lipinski definition) is 0. The van der Waals surface area contributed by atoms with E-state index >= 15 is 8.78 Å². The number of pyridine rings is 1. The molecule has 0 N–H and O–H groups in total. The van der Waals surface area contributed by atoms with Crippen LogP contribution >= 0.6 is 0 Å². The maximum atomic E-state index is 16.9. The molecule has 6 aromatic rings. The summed E-state index contributed by atoms with van der Waals surface area (Å²) in [5.41, 5.74) is 2.72. The van der Waals surface area contributed by atoms with Gasteiger partial charge in [-0.05, 0) is 46.8 Å². The maximum absolute atomic E-state index is 16.9. The molecule has 2 saturated heterocycles. The highest BCUT2D eigenvalue weighted by molar-refractivity contribution is 6.00. The molecule has 0 radical (unpaired) electrons. The van der Waals surface area contributed by atoms with Gasteiger partial charge in [0.2, 0.25) is 5.88 Å². The van der Waals surface area contributed by atoms with E-state index in [-0.39, 0.29) is 54.7 Å². The third kappa shape index (κ3) is 7.05. The van der Waals surface area contributed by atoms with Crippen LogP contribution in [0, 0.1) is 5.82 Å². The topological polar surface area (TPSA) is 69.6 Å². The Morgan fingerprint density at radius 2 is 1.62 bits per heavy atom. The smallest absolute Gasteiger partial charge is 0.320 e. The first-order valence-corrected chi connectivity index (χ1v) is 17.8. The van der Waals surface area contributed by atoms with Crippen molar-refractivity contribution in [2.45, 2.75) is 56.8 Å². The Balaban J connectivity index is 1.13. The van der Waals surface area contributed by atoms with Gasteiger partial charge in [0.25, 0.3) is 0 Å². The SMILES string of the molecule is Fc1c(-c2cccc3cccc(CC(F)COCc4ccccc4)c23)ncc2c(OCc3ccccc3)nc(OC[C@@]34CCCN3C[C@H](F)C4)nc12. The fourth-order valence-corrected chi connectivity index (χ4v) is 7.71. The van der Waals surface area contributed by atoms with Crippen LogP contribution in [0.1, 0.15) is 36.0 Å². The lowest BCUT2D eigenvalue weighted by molar-refractivity contribution is 0.0699. The first-order chi connectivity index (χ1) is 25.5. The monoisotopic (exact) mass is 704 g/mol. The number of nitrogens with zero attached hydrogens (tertiary/aromatic N) is 4. The third-order valence-electron chi connectivity index (χ3n) is 10.2. The minimum Gasteiger partial charge on any atom is -0.472 e. The molecule has 4 aromatic carbocycles. The Morgan fingerprint density at radius 3 is 2.40 bits per heavy atom. The number of fused-ring (bicyclic) bond motifs is 3. The summed E-state index contributed by atoms with van der Waals surface area (Å²) in [7, 11) is 0. The van der Waals surface area contributed by atoms with E-state index in [0.29, 0.717) is 36.1 Å². The molecule has 52 heavy (non-hydrogen) atoms. The molecule has 10 heteroatoms. The van der Waals surface area contributed by atoms with Gasteiger partial charge in [-0.25, -0.2) is 13.2 Å². The highest BCUT2D eigenvalue weighted by Gasteiger charge is 2.49. The van der Waals surface area contributed by atoms with Crippen molar-refractivity contribution in [3.63, 3.8) is 0 Å². The quantitative estimate of drug-likeness (QED) is 0.119. The molecule has 2 fully saturated rings. The van der Waals surface area contributed by atoms with E-state index in [4.69, 9.17) is 14.2 Å². The molecule has 4 heterocycles. The van der Waals surface area contributed by atoms with Crippen molar-refractivity contribution in [1.82, 2.24) is 19.9 Å². The predicted molar refractivity (Wildman–Crippen MR) is 194 cm³/mol. The fraction of sp³-hybridized carbons (Fsp3) is 0.310. The molecule has 8 rings (SSSR count). The largest absolute Gasteiger partial charge is 0.472 e. The number of ether oxygens (including phenoxy) is 3. The lowest BCUT2D eigenvalue weighted by Crippen LogP contribution is -2.43. The summed E-state index contributed by atoms with van der Waals surface area (Å²) in [4.78, 5) is 15.9. The second kappa shape index (κ2) is 14.9. The number of benzene rings is 4. The second-order valence-electron chi connectivity index (χ2n) is 13.8. The molecule has 2 aliphatic rings. The number of alkyl halides is 2. The van der Waals surface area contributed by atoms with E-state index in [1.54, 1.807) is 6.07 Å². The van der Waals surface area contributed by atoms with Crippen LogP contribution in [0.5, 0.6) is 11.9 Å². The van der Waals surface area contributed by atoms with Gasteiger partial charge in [0, 0.05) is 31.1 Å². The Labute approximate surface area is 300 Å². The molecule has 266 valence electrons. The van der Waals surface area contributed by atoms with E-state index in [2.05, 4.69) is 19.9 Å². The van der Waals surface area contributed by atoms with Crippen LogP contribution in [0.3, 0.4) is 0 Å². The third-order valence-corrected chi connectivity index (χ3v) is 10.2. The number of halogens is 3. The van der Waals surface area contributed by atoms with Crippen LogP contribution in [-0.4, -0.2) is 64.0 Å². The number of aromatic nitrogens is 3. The van der Waals surface area contributed by atoms with Crippen LogP contribution < -0.4 is 9.47 Å². The van der Waals surface area contributed by atoms with Crippen molar-refractivity contribution >= 4 is 21.7 Å². The van der Waals surface area contributed by atoms with Crippen molar-refractivity contribution < 1.29 is 27.4 Å². The molecule has 0 bridgehead atoms. The van der Waals surface area contributed by atoms with Gasteiger partial charge in [-0.2, -0.15) is 9.97 Å². The molecule has 3 atom stereocenters. The van der Waals surface area contributed by atoms with Crippen molar-refractivity contribution in [3.8, 4) is 23.1 Å². The first-order valence-electron chi connectivity index (χ1n) is 17.8. The molecule has 0 saturated carbocycles.